The Bertz CT molecular complexity index is 638. The normalized spacial score (nSPS) is 60.7. The summed E-state index contributed by atoms with van der Waals surface area (Å²) in [5.41, 5.74) is -4.89. The molecule has 2 unspecified atom stereocenters. The van der Waals surface area contributed by atoms with Gasteiger partial charge in [0.2, 0.25) is 5.60 Å². The van der Waals surface area contributed by atoms with Gasteiger partial charge in [0, 0.05) is 12.3 Å². The van der Waals surface area contributed by atoms with Crippen LogP contribution in [-0.4, -0.2) is 57.3 Å². The number of hydrogen-bond donors (Lipinski definition) is 2. The van der Waals surface area contributed by atoms with Gasteiger partial charge in [-0.1, -0.05) is 0 Å². The zero-order chi connectivity index (χ0) is 15.9. The van der Waals surface area contributed by atoms with Crippen molar-refractivity contribution in [1.29, 1.82) is 0 Å². The second kappa shape index (κ2) is 3.07. The second-order valence-corrected chi connectivity index (χ2v) is 8.06. The summed E-state index contributed by atoms with van der Waals surface area (Å²) in [7, 11) is 0. The zero-order valence-electron chi connectivity index (χ0n) is 12.5. The molecule has 2 bridgehead atoms. The van der Waals surface area contributed by atoms with E-state index in [4.69, 9.17) is 14.2 Å². The van der Waals surface area contributed by atoms with Crippen molar-refractivity contribution in [2.75, 3.05) is 0 Å². The van der Waals surface area contributed by atoms with Gasteiger partial charge in [0.15, 0.2) is 6.10 Å². The summed E-state index contributed by atoms with van der Waals surface area (Å²) in [6, 6.07) is 0. The van der Waals surface area contributed by atoms with Crippen molar-refractivity contribution in [3.8, 4) is 0 Å². The Hall–Kier alpha value is -1.18. The van der Waals surface area contributed by atoms with Crippen LogP contribution in [0.15, 0.2) is 0 Å². The first-order valence-electron chi connectivity index (χ1n) is 7.63. The summed E-state index contributed by atoms with van der Waals surface area (Å²) in [4.78, 5) is 24.8. The smallest absolute Gasteiger partial charge is 0.342 e. The van der Waals surface area contributed by atoms with Gasteiger partial charge in [0.05, 0.1) is 22.5 Å². The fourth-order valence-electron chi connectivity index (χ4n) is 5.83. The third-order valence-electron chi connectivity index (χ3n) is 6.85. The number of rotatable bonds is 1. The van der Waals surface area contributed by atoms with Crippen molar-refractivity contribution in [2.45, 2.75) is 62.3 Å². The van der Waals surface area contributed by atoms with Gasteiger partial charge in [-0.3, -0.25) is 4.79 Å². The number of fused-ring (bicyclic) bond motifs is 4. The topological polar surface area (TPSA) is 106 Å². The molecule has 2 aliphatic carbocycles. The summed E-state index contributed by atoms with van der Waals surface area (Å²) in [6.45, 7) is 4.92. The van der Waals surface area contributed by atoms with Crippen molar-refractivity contribution in [3.05, 3.63) is 0 Å². The summed E-state index contributed by atoms with van der Waals surface area (Å²) >= 11 is 0. The first-order chi connectivity index (χ1) is 10.1. The number of esters is 2. The predicted molar refractivity (Wildman–Crippen MR) is 68.3 cm³/mol. The molecule has 120 valence electrons. The van der Waals surface area contributed by atoms with E-state index in [2.05, 4.69) is 0 Å². The summed E-state index contributed by atoms with van der Waals surface area (Å²) < 4.78 is 16.5. The Morgan fingerprint density at radius 1 is 1.27 bits per heavy atom. The molecule has 5 rings (SSSR count). The molecular weight excluding hydrogens is 292 g/mol. The van der Waals surface area contributed by atoms with Crippen LogP contribution in [-0.2, 0) is 23.8 Å². The van der Waals surface area contributed by atoms with Gasteiger partial charge in [-0.05, 0) is 20.8 Å². The van der Waals surface area contributed by atoms with Gasteiger partial charge in [-0.15, -0.1) is 0 Å². The molecular formula is C15H18O7. The first kappa shape index (κ1) is 13.3. The molecule has 7 heteroatoms. The number of hydrogen-bond acceptors (Lipinski definition) is 7. The van der Waals surface area contributed by atoms with Gasteiger partial charge >= 0.3 is 11.9 Å². The van der Waals surface area contributed by atoms with E-state index in [1.54, 1.807) is 20.8 Å². The van der Waals surface area contributed by atoms with E-state index >= 15 is 0 Å². The number of ether oxygens (including phenoxy) is 3. The van der Waals surface area contributed by atoms with E-state index < -0.39 is 64.3 Å². The third kappa shape index (κ3) is 0.962. The molecule has 2 saturated carbocycles. The highest BCUT2D eigenvalue weighted by Gasteiger charge is 2.95. The molecule has 0 aromatic heterocycles. The number of carbonyl (C=O) groups excluding carboxylic acids is 2. The van der Waals surface area contributed by atoms with Gasteiger partial charge in [-0.25, -0.2) is 4.79 Å². The molecule has 2 N–H and O–H groups in total. The average molecular weight is 310 g/mol. The maximum Gasteiger partial charge on any atom is 0.342 e. The molecule has 7 nitrogen and oxygen atoms in total. The van der Waals surface area contributed by atoms with Gasteiger partial charge in [0.1, 0.15) is 12.2 Å². The van der Waals surface area contributed by atoms with Crippen LogP contribution in [0.25, 0.3) is 0 Å². The lowest BCUT2D eigenvalue weighted by atomic mass is 9.52. The quantitative estimate of drug-likeness (QED) is 0.479. The average Bonchev–Trinajstić information content (AvgIpc) is 2.85. The van der Waals surface area contributed by atoms with Gasteiger partial charge in [0.25, 0.3) is 0 Å². The molecule has 0 aromatic rings. The molecule has 1 spiro atoms. The molecule has 3 heterocycles. The van der Waals surface area contributed by atoms with E-state index in [9.17, 15) is 19.8 Å². The van der Waals surface area contributed by atoms with Gasteiger partial charge < -0.3 is 24.4 Å². The highest BCUT2D eigenvalue weighted by molar-refractivity contribution is 5.91. The molecule has 8 atom stereocenters. The molecule has 0 amide bonds. The van der Waals surface area contributed by atoms with E-state index in [-0.39, 0.29) is 6.42 Å². The van der Waals surface area contributed by atoms with Crippen molar-refractivity contribution < 1.29 is 34.0 Å². The highest BCUT2D eigenvalue weighted by atomic mass is 16.7. The van der Waals surface area contributed by atoms with Crippen molar-refractivity contribution in [2.24, 2.45) is 17.3 Å². The molecule has 0 aromatic carbocycles. The molecule has 3 saturated heterocycles. The third-order valence-corrected chi connectivity index (χ3v) is 6.85. The van der Waals surface area contributed by atoms with E-state index in [0.717, 1.165) is 0 Å². The summed E-state index contributed by atoms with van der Waals surface area (Å²) in [5.74, 6) is -2.51. The van der Waals surface area contributed by atoms with Crippen molar-refractivity contribution in [1.82, 2.24) is 0 Å². The monoisotopic (exact) mass is 310 g/mol. The minimum Gasteiger partial charge on any atom is -0.458 e. The maximum absolute atomic E-state index is 12.4. The number of epoxide rings is 1. The van der Waals surface area contributed by atoms with Crippen LogP contribution in [0, 0.1) is 17.3 Å². The number of aliphatic hydroxyl groups is 2. The maximum atomic E-state index is 12.4. The fraction of sp³-hybridized carbons (Fsp3) is 0.867. The van der Waals surface area contributed by atoms with Crippen LogP contribution in [0.4, 0.5) is 0 Å². The van der Waals surface area contributed by atoms with E-state index in [1.165, 1.54) is 0 Å². The lowest BCUT2D eigenvalue weighted by Gasteiger charge is -2.53. The predicted octanol–water partition coefficient (Wildman–Crippen LogP) is -0.867. The molecule has 5 aliphatic rings. The Kier molecular flexibility index (Phi) is 1.85. The SMILES string of the molecule is CC(C)(O)[C@@H]1C2C(=O)O[C@@H]1C1OC(=O)[C@]34O[C@H]3C[C@@]2(O)[C@]14C. The molecule has 22 heavy (non-hydrogen) atoms. The molecule has 0 radical (unpaired) electrons. The van der Waals surface area contributed by atoms with Crippen molar-refractivity contribution >= 4 is 11.9 Å². The highest BCUT2D eigenvalue weighted by Crippen LogP contribution is 2.77. The van der Waals surface area contributed by atoms with Gasteiger partial charge in [-0.2, -0.15) is 0 Å². The van der Waals surface area contributed by atoms with E-state index in [1.807, 2.05) is 0 Å². The molecule has 3 aliphatic heterocycles. The zero-order valence-corrected chi connectivity index (χ0v) is 12.5. The first-order valence-corrected chi connectivity index (χ1v) is 7.63. The minimum atomic E-state index is -1.47. The number of carbonyl (C=O) groups is 2. The van der Waals surface area contributed by atoms with Crippen molar-refractivity contribution in [3.63, 3.8) is 0 Å². The largest absolute Gasteiger partial charge is 0.458 e. The Balaban J connectivity index is 1.76. The van der Waals surface area contributed by atoms with E-state index in [0.29, 0.717) is 0 Å². The Morgan fingerprint density at radius 2 is 1.95 bits per heavy atom. The van der Waals surface area contributed by atoms with Crippen LogP contribution < -0.4 is 0 Å². The van der Waals surface area contributed by atoms with Crippen LogP contribution in [0.5, 0.6) is 0 Å². The lowest BCUT2D eigenvalue weighted by molar-refractivity contribution is -0.223. The Morgan fingerprint density at radius 3 is 2.59 bits per heavy atom. The Labute approximate surface area is 126 Å². The van der Waals surface area contributed by atoms with Crippen LogP contribution in [0.3, 0.4) is 0 Å². The fourth-order valence-corrected chi connectivity index (χ4v) is 5.83. The summed E-state index contributed by atoms with van der Waals surface area (Å²) in [5, 5.41) is 21.9. The standard InChI is InChI=1S/C15H18O7/c1-12(2,18)6-7-10(16)20-8(6)9-13(3)14(7,19)4-5-15(13,22-5)11(17)21-9/h5-9,18-19H,4H2,1-3H3/t5-,6+,7?,8-,9?,13-,14-,15+/m0/s1. The lowest BCUT2D eigenvalue weighted by Crippen LogP contribution is -2.68. The van der Waals surface area contributed by atoms with Crippen LogP contribution in [0.1, 0.15) is 27.2 Å². The van der Waals surface area contributed by atoms with Crippen LogP contribution in [0.2, 0.25) is 0 Å². The molecule has 5 fully saturated rings. The minimum absolute atomic E-state index is 0.189. The van der Waals surface area contributed by atoms with Crippen LogP contribution >= 0.6 is 0 Å². The second-order valence-electron chi connectivity index (χ2n) is 8.06. The summed E-state index contributed by atoms with van der Waals surface area (Å²) in [6.07, 6.45) is -1.78.